The zero-order valence-electron chi connectivity index (χ0n) is 11.5. The molecule has 18 heavy (non-hydrogen) atoms. The van der Waals surface area contributed by atoms with Gasteiger partial charge in [0.15, 0.2) is 0 Å². The molecule has 1 saturated heterocycles. The third-order valence-electron chi connectivity index (χ3n) is 3.82. The van der Waals surface area contributed by atoms with E-state index in [0.717, 1.165) is 35.4 Å². The van der Waals surface area contributed by atoms with E-state index in [-0.39, 0.29) is 0 Å². The molecule has 1 aliphatic rings. The van der Waals surface area contributed by atoms with Gasteiger partial charge in [-0.15, -0.1) is 0 Å². The highest BCUT2D eigenvalue weighted by Gasteiger charge is 2.20. The summed E-state index contributed by atoms with van der Waals surface area (Å²) in [7, 11) is 1.88. The summed E-state index contributed by atoms with van der Waals surface area (Å²) in [6, 6.07) is 0. The second-order valence-electron chi connectivity index (χ2n) is 5.16. The van der Waals surface area contributed by atoms with Crippen molar-refractivity contribution in [3.8, 4) is 0 Å². The third kappa shape index (κ3) is 3.05. The van der Waals surface area contributed by atoms with Crippen LogP contribution in [-0.2, 0) is 13.6 Å². The number of aromatic nitrogens is 2. The van der Waals surface area contributed by atoms with E-state index in [1.807, 2.05) is 14.0 Å². The number of hydrogen-bond donors (Lipinski definition) is 1. The Morgan fingerprint density at radius 1 is 1.50 bits per heavy atom. The van der Waals surface area contributed by atoms with Gasteiger partial charge in [0.25, 0.3) is 0 Å². The molecule has 0 amide bonds. The van der Waals surface area contributed by atoms with Gasteiger partial charge in [0.05, 0.1) is 5.69 Å². The normalized spacial score (nSPS) is 20.8. The summed E-state index contributed by atoms with van der Waals surface area (Å²) in [5.74, 6) is 0.778. The molecule has 1 aliphatic heterocycles. The fourth-order valence-electron chi connectivity index (χ4n) is 2.64. The van der Waals surface area contributed by atoms with Crippen molar-refractivity contribution in [1.29, 1.82) is 0 Å². The van der Waals surface area contributed by atoms with Crippen molar-refractivity contribution in [1.82, 2.24) is 20.0 Å². The van der Waals surface area contributed by atoms with Crippen LogP contribution in [0.15, 0.2) is 0 Å². The Bertz CT molecular complexity index is 402. The van der Waals surface area contributed by atoms with E-state index in [0.29, 0.717) is 0 Å². The first-order chi connectivity index (χ1) is 8.61. The fourth-order valence-corrected chi connectivity index (χ4v) is 2.88. The number of aryl methyl sites for hydroxylation is 2. The van der Waals surface area contributed by atoms with Gasteiger partial charge >= 0.3 is 0 Å². The molecular weight excluding hydrogens is 248 g/mol. The van der Waals surface area contributed by atoms with Crippen molar-refractivity contribution in [2.75, 3.05) is 26.2 Å². The minimum atomic E-state index is 0.751. The molecule has 0 radical (unpaired) electrons. The first-order valence-corrected chi connectivity index (χ1v) is 7.10. The summed E-state index contributed by atoms with van der Waals surface area (Å²) in [4.78, 5) is 2.51. The quantitative estimate of drug-likeness (QED) is 0.886. The van der Waals surface area contributed by atoms with Gasteiger partial charge in [0, 0.05) is 25.7 Å². The van der Waals surface area contributed by atoms with Crippen LogP contribution in [0.4, 0.5) is 0 Å². The summed E-state index contributed by atoms with van der Waals surface area (Å²) in [5, 5.41) is 8.59. The maximum atomic E-state index is 6.21. The predicted molar refractivity (Wildman–Crippen MR) is 74.9 cm³/mol. The van der Waals surface area contributed by atoms with E-state index in [9.17, 15) is 0 Å². The number of rotatable bonds is 5. The van der Waals surface area contributed by atoms with Crippen molar-refractivity contribution in [3.05, 3.63) is 16.4 Å². The Kier molecular flexibility index (Phi) is 4.65. The highest BCUT2D eigenvalue weighted by Crippen LogP contribution is 2.19. The van der Waals surface area contributed by atoms with Gasteiger partial charge in [-0.2, -0.15) is 5.10 Å². The Morgan fingerprint density at radius 2 is 2.28 bits per heavy atom. The standard InChI is InChI=1S/C13H23ClN4/c1-4-18-6-5-11(9-18)7-15-8-12-10(2)16-17(3)13(12)14/h11,15H,4-9H2,1-3H3. The molecule has 1 unspecified atom stereocenters. The van der Waals surface area contributed by atoms with Gasteiger partial charge in [-0.05, 0) is 38.9 Å². The minimum absolute atomic E-state index is 0.751. The molecule has 0 aromatic carbocycles. The van der Waals surface area contributed by atoms with Crippen molar-refractivity contribution in [2.45, 2.75) is 26.8 Å². The lowest BCUT2D eigenvalue weighted by atomic mass is 10.1. The molecule has 1 aromatic rings. The van der Waals surface area contributed by atoms with Crippen molar-refractivity contribution >= 4 is 11.6 Å². The molecule has 1 N–H and O–H groups in total. The van der Waals surface area contributed by atoms with Gasteiger partial charge in [0.1, 0.15) is 5.15 Å². The molecule has 0 saturated carbocycles. The molecule has 1 aromatic heterocycles. The third-order valence-corrected chi connectivity index (χ3v) is 4.29. The summed E-state index contributed by atoms with van der Waals surface area (Å²) in [6.07, 6.45) is 1.31. The van der Waals surface area contributed by atoms with Crippen LogP contribution in [0.25, 0.3) is 0 Å². The topological polar surface area (TPSA) is 33.1 Å². The van der Waals surface area contributed by atoms with Crippen molar-refractivity contribution in [3.63, 3.8) is 0 Å². The van der Waals surface area contributed by atoms with Crippen LogP contribution in [0, 0.1) is 12.8 Å². The van der Waals surface area contributed by atoms with E-state index >= 15 is 0 Å². The van der Waals surface area contributed by atoms with Crippen molar-refractivity contribution < 1.29 is 0 Å². The smallest absolute Gasteiger partial charge is 0.131 e. The van der Waals surface area contributed by atoms with Crippen LogP contribution in [0.3, 0.4) is 0 Å². The molecule has 5 heteroatoms. The molecule has 2 heterocycles. The van der Waals surface area contributed by atoms with E-state index in [1.165, 1.54) is 26.1 Å². The van der Waals surface area contributed by atoms with Gasteiger partial charge in [0.2, 0.25) is 0 Å². The largest absolute Gasteiger partial charge is 0.312 e. The average molecular weight is 271 g/mol. The molecule has 1 atom stereocenters. The zero-order chi connectivity index (χ0) is 13.1. The van der Waals surface area contributed by atoms with Gasteiger partial charge in [-0.3, -0.25) is 4.68 Å². The van der Waals surface area contributed by atoms with Crippen LogP contribution >= 0.6 is 11.6 Å². The van der Waals surface area contributed by atoms with Crippen molar-refractivity contribution in [2.24, 2.45) is 13.0 Å². The summed E-state index contributed by atoms with van der Waals surface area (Å²) >= 11 is 6.21. The molecule has 0 aliphatic carbocycles. The van der Waals surface area contributed by atoms with Gasteiger partial charge in [-0.25, -0.2) is 0 Å². The predicted octanol–water partition coefficient (Wildman–Crippen LogP) is 1.81. The summed E-state index contributed by atoms with van der Waals surface area (Å²) in [6.45, 7) is 9.77. The summed E-state index contributed by atoms with van der Waals surface area (Å²) in [5.41, 5.74) is 2.15. The number of halogens is 1. The lowest BCUT2D eigenvalue weighted by Crippen LogP contribution is -2.26. The monoisotopic (exact) mass is 270 g/mol. The highest BCUT2D eigenvalue weighted by atomic mass is 35.5. The Hall–Kier alpha value is -0.580. The van der Waals surface area contributed by atoms with Crippen LogP contribution in [0.1, 0.15) is 24.6 Å². The molecular formula is C13H23ClN4. The lowest BCUT2D eigenvalue weighted by molar-refractivity contribution is 0.339. The molecule has 1 fully saturated rings. The molecule has 4 nitrogen and oxygen atoms in total. The lowest BCUT2D eigenvalue weighted by Gasteiger charge is -2.13. The van der Waals surface area contributed by atoms with Crippen LogP contribution < -0.4 is 5.32 Å². The number of likely N-dealkylation sites (tertiary alicyclic amines) is 1. The Balaban J connectivity index is 1.79. The van der Waals surface area contributed by atoms with Gasteiger partial charge < -0.3 is 10.2 Å². The average Bonchev–Trinajstić information content (AvgIpc) is 2.89. The van der Waals surface area contributed by atoms with Crippen LogP contribution in [0.2, 0.25) is 5.15 Å². The SMILES string of the molecule is CCN1CCC(CNCc2c(C)nn(C)c2Cl)C1. The molecule has 0 spiro atoms. The first kappa shape index (κ1) is 13.8. The second kappa shape index (κ2) is 6.04. The van der Waals surface area contributed by atoms with Gasteiger partial charge in [-0.1, -0.05) is 18.5 Å². The summed E-state index contributed by atoms with van der Waals surface area (Å²) < 4.78 is 1.74. The van der Waals surface area contributed by atoms with Crippen LogP contribution in [0.5, 0.6) is 0 Å². The van der Waals surface area contributed by atoms with E-state index in [2.05, 4.69) is 22.2 Å². The Labute approximate surface area is 114 Å². The zero-order valence-corrected chi connectivity index (χ0v) is 12.3. The van der Waals surface area contributed by atoms with E-state index in [4.69, 9.17) is 11.6 Å². The van der Waals surface area contributed by atoms with Crippen LogP contribution in [-0.4, -0.2) is 40.9 Å². The molecule has 102 valence electrons. The maximum Gasteiger partial charge on any atom is 0.131 e. The van der Waals surface area contributed by atoms with E-state index < -0.39 is 0 Å². The maximum absolute atomic E-state index is 6.21. The molecule has 2 rings (SSSR count). The number of hydrogen-bond acceptors (Lipinski definition) is 3. The van der Waals surface area contributed by atoms with E-state index in [1.54, 1.807) is 4.68 Å². The molecule has 0 bridgehead atoms. The minimum Gasteiger partial charge on any atom is -0.312 e. The number of nitrogens with zero attached hydrogens (tertiary/aromatic N) is 3. The Morgan fingerprint density at radius 3 is 2.83 bits per heavy atom. The first-order valence-electron chi connectivity index (χ1n) is 6.72. The highest BCUT2D eigenvalue weighted by molar-refractivity contribution is 6.30. The number of nitrogens with one attached hydrogen (secondary N) is 1. The fraction of sp³-hybridized carbons (Fsp3) is 0.769. The second-order valence-corrected chi connectivity index (χ2v) is 5.52.